The Kier molecular flexibility index (Phi) is 8.01. The summed E-state index contributed by atoms with van der Waals surface area (Å²) >= 11 is 1.72. The van der Waals surface area contributed by atoms with Crippen molar-refractivity contribution in [3.8, 4) is 44.0 Å². The summed E-state index contributed by atoms with van der Waals surface area (Å²) in [4.78, 5) is 7.38. The van der Waals surface area contributed by atoms with Gasteiger partial charge in [0.15, 0.2) is 0 Å². The van der Waals surface area contributed by atoms with E-state index < -0.39 is 0 Å². The lowest BCUT2D eigenvalue weighted by Gasteiger charge is -2.28. The van der Waals surface area contributed by atoms with Crippen LogP contribution in [0.15, 0.2) is 211 Å². The zero-order valence-electron chi connectivity index (χ0n) is 30.8. The van der Waals surface area contributed by atoms with Gasteiger partial charge in [-0.2, -0.15) is 0 Å². The fourth-order valence-electron chi connectivity index (χ4n) is 8.06. The van der Waals surface area contributed by atoms with E-state index in [4.69, 9.17) is 9.40 Å². The van der Waals surface area contributed by atoms with E-state index in [1.807, 2.05) is 6.07 Å². The summed E-state index contributed by atoms with van der Waals surface area (Å²) in [6.45, 7) is 0. The topological polar surface area (TPSA) is 29.3 Å². The van der Waals surface area contributed by atoms with Crippen LogP contribution in [0.1, 0.15) is 0 Å². The largest absolute Gasteiger partial charge is 0.456 e. The highest BCUT2D eigenvalue weighted by Crippen LogP contribution is 2.44. The quantitative estimate of drug-likeness (QED) is 0.163. The summed E-state index contributed by atoms with van der Waals surface area (Å²) in [5, 5.41) is 5.70. The Morgan fingerprint density at radius 1 is 0.421 bits per heavy atom. The molecule has 0 aliphatic rings. The molecule has 0 aliphatic carbocycles. The molecule has 0 spiro atoms. The molecule has 9 aromatic carbocycles. The molecule has 2 aromatic heterocycles. The molecule has 4 heteroatoms. The average Bonchev–Trinajstić information content (AvgIpc) is 3.89. The maximum absolute atomic E-state index is 6.40. The van der Waals surface area contributed by atoms with Gasteiger partial charge in [0.25, 0.3) is 0 Å². The summed E-state index contributed by atoms with van der Waals surface area (Å²) in [7, 11) is 0. The lowest BCUT2D eigenvalue weighted by molar-refractivity contribution is 0.669. The molecule has 11 rings (SSSR count). The second-order valence-corrected chi connectivity index (χ2v) is 15.4. The van der Waals surface area contributed by atoms with Crippen LogP contribution in [0.5, 0.6) is 0 Å². The summed E-state index contributed by atoms with van der Waals surface area (Å²) in [5.41, 5.74) is 14.2. The molecule has 0 radical (unpaired) electrons. The monoisotopic (exact) mass is 746 g/mol. The minimum Gasteiger partial charge on any atom is -0.456 e. The van der Waals surface area contributed by atoms with Crippen LogP contribution in [0.2, 0.25) is 0 Å². The number of furan rings is 1. The van der Waals surface area contributed by atoms with Gasteiger partial charge >= 0.3 is 0 Å². The van der Waals surface area contributed by atoms with Crippen molar-refractivity contribution in [2.45, 2.75) is 0 Å². The van der Waals surface area contributed by atoms with E-state index in [0.717, 1.165) is 70.9 Å². The summed E-state index contributed by atoms with van der Waals surface area (Å²) in [6, 6.07) is 73.5. The predicted molar refractivity (Wildman–Crippen MR) is 241 cm³/mol. The van der Waals surface area contributed by atoms with Gasteiger partial charge in [0.05, 0.1) is 15.9 Å². The summed E-state index contributed by atoms with van der Waals surface area (Å²) < 4.78 is 7.54. The predicted octanol–water partition coefficient (Wildman–Crippen LogP) is 15.5. The number of hydrogen-bond acceptors (Lipinski definition) is 4. The minimum atomic E-state index is 0.878. The van der Waals surface area contributed by atoms with Gasteiger partial charge in [0.1, 0.15) is 16.2 Å². The Bertz CT molecular complexity index is 3220. The molecule has 0 aliphatic heterocycles. The van der Waals surface area contributed by atoms with Crippen molar-refractivity contribution in [1.29, 1.82) is 0 Å². The zero-order valence-corrected chi connectivity index (χ0v) is 31.7. The first-order valence-electron chi connectivity index (χ1n) is 19.2. The first-order valence-corrected chi connectivity index (χ1v) is 20.0. The van der Waals surface area contributed by atoms with Crippen LogP contribution in [0.4, 0.5) is 17.1 Å². The molecule has 0 fully saturated rings. The van der Waals surface area contributed by atoms with E-state index in [1.165, 1.54) is 33.0 Å². The average molecular weight is 747 g/mol. The van der Waals surface area contributed by atoms with Crippen LogP contribution < -0.4 is 4.90 Å². The van der Waals surface area contributed by atoms with Crippen LogP contribution in [0, 0.1) is 0 Å². The highest BCUT2D eigenvalue weighted by Gasteiger charge is 2.19. The first-order chi connectivity index (χ1) is 28.2. The van der Waals surface area contributed by atoms with Crippen LogP contribution >= 0.6 is 11.3 Å². The fourth-order valence-corrected chi connectivity index (χ4v) is 9.19. The Morgan fingerprint density at radius 2 is 1.00 bits per heavy atom. The Labute approximate surface area is 334 Å². The number of thiazole rings is 1. The molecule has 0 saturated heterocycles. The minimum absolute atomic E-state index is 0.878. The highest BCUT2D eigenvalue weighted by molar-refractivity contribution is 7.22. The lowest BCUT2D eigenvalue weighted by Crippen LogP contribution is -2.11. The smallest absolute Gasteiger partial charge is 0.137 e. The van der Waals surface area contributed by atoms with Crippen LogP contribution in [0.25, 0.3) is 86.9 Å². The number of benzene rings is 9. The van der Waals surface area contributed by atoms with Crippen LogP contribution in [-0.4, -0.2) is 4.98 Å². The normalized spacial score (nSPS) is 11.5. The number of fused-ring (bicyclic) bond motifs is 6. The van der Waals surface area contributed by atoms with Crippen LogP contribution in [0.3, 0.4) is 0 Å². The van der Waals surface area contributed by atoms with Crippen molar-refractivity contribution < 1.29 is 4.42 Å². The third-order valence-corrected chi connectivity index (χ3v) is 12.0. The van der Waals surface area contributed by atoms with Gasteiger partial charge in [0.2, 0.25) is 0 Å². The molecule has 0 bridgehead atoms. The van der Waals surface area contributed by atoms with Gasteiger partial charge in [-0.3, -0.25) is 0 Å². The van der Waals surface area contributed by atoms with Crippen molar-refractivity contribution in [2.24, 2.45) is 0 Å². The number of rotatable bonds is 7. The molecular weight excluding hydrogens is 713 g/mol. The number of anilines is 3. The standard InChI is InChI=1S/C53H34N2OS/c1-3-11-35(12-4-1)37-21-26-43(27-22-37)55(48-18-10-9-17-45(48)42-20-19-36-13-7-8-16-40(36)33-42)44-28-23-38(24-29-44)41-25-31-49-46(34-41)51-50(56-49)32-30-47-52(51)57-53(54-47)39-14-5-2-6-15-39/h1-34H. The van der Waals surface area contributed by atoms with Gasteiger partial charge in [0, 0.05) is 33.3 Å². The third kappa shape index (κ3) is 5.95. The van der Waals surface area contributed by atoms with E-state index in [2.05, 4.69) is 205 Å². The zero-order chi connectivity index (χ0) is 37.7. The number of para-hydroxylation sites is 1. The second kappa shape index (κ2) is 13.8. The molecule has 0 N–H and O–H groups in total. The molecule has 3 nitrogen and oxygen atoms in total. The molecule has 0 atom stereocenters. The van der Waals surface area contributed by atoms with Crippen molar-refractivity contribution in [3.05, 3.63) is 206 Å². The van der Waals surface area contributed by atoms with E-state index in [-0.39, 0.29) is 0 Å². The van der Waals surface area contributed by atoms with E-state index in [0.29, 0.717) is 0 Å². The molecule has 0 saturated carbocycles. The van der Waals surface area contributed by atoms with Crippen LogP contribution in [-0.2, 0) is 0 Å². The number of nitrogens with zero attached hydrogens (tertiary/aromatic N) is 2. The summed E-state index contributed by atoms with van der Waals surface area (Å²) in [6.07, 6.45) is 0. The lowest BCUT2D eigenvalue weighted by atomic mass is 9.98. The van der Waals surface area contributed by atoms with Gasteiger partial charge < -0.3 is 9.32 Å². The van der Waals surface area contributed by atoms with Crippen molar-refractivity contribution in [3.63, 3.8) is 0 Å². The Balaban J connectivity index is 1.01. The van der Waals surface area contributed by atoms with Gasteiger partial charge in [-0.15, -0.1) is 11.3 Å². The first kappa shape index (κ1) is 33.1. The Hall–Kier alpha value is -7.27. The maximum Gasteiger partial charge on any atom is 0.137 e. The van der Waals surface area contributed by atoms with Gasteiger partial charge in [-0.25, -0.2) is 4.98 Å². The highest BCUT2D eigenvalue weighted by atomic mass is 32.1. The third-order valence-electron chi connectivity index (χ3n) is 10.9. The van der Waals surface area contributed by atoms with Gasteiger partial charge in [-0.05, 0) is 99.3 Å². The van der Waals surface area contributed by atoms with E-state index >= 15 is 0 Å². The van der Waals surface area contributed by atoms with E-state index in [1.54, 1.807) is 11.3 Å². The Morgan fingerprint density at radius 3 is 1.75 bits per heavy atom. The SMILES string of the molecule is c1ccc(-c2ccc(N(c3ccc(-c4ccc5oc6ccc7nc(-c8ccccc8)sc7c6c5c4)cc3)c3ccccc3-c3ccc4ccccc4c3)cc2)cc1. The molecule has 2 heterocycles. The molecule has 0 amide bonds. The van der Waals surface area contributed by atoms with Crippen molar-refractivity contribution >= 4 is 71.3 Å². The van der Waals surface area contributed by atoms with E-state index in [9.17, 15) is 0 Å². The number of aromatic nitrogens is 1. The molecule has 0 unspecified atom stereocenters. The van der Waals surface area contributed by atoms with Crippen molar-refractivity contribution in [1.82, 2.24) is 4.98 Å². The second-order valence-electron chi connectivity index (χ2n) is 14.4. The summed E-state index contributed by atoms with van der Waals surface area (Å²) in [5.74, 6) is 0. The maximum atomic E-state index is 6.40. The van der Waals surface area contributed by atoms with Gasteiger partial charge in [-0.1, -0.05) is 146 Å². The fraction of sp³-hybridized carbons (Fsp3) is 0. The molecular formula is C53H34N2OS. The van der Waals surface area contributed by atoms with Crippen molar-refractivity contribution in [2.75, 3.05) is 4.90 Å². The number of hydrogen-bond donors (Lipinski definition) is 0. The molecule has 268 valence electrons. The molecule has 57 heavy (non-hydrogen) atoms. The molecule has 11 aromatic rings.